The predicted octanol–water partition coefficient (Wildman–Crippen LogP) is 2.21. The highest BCUT2D eigenvalue weighted by molar-refractivity contribution is 7.14. The number of imide groups is 1. The van der Waals surface area contributed by atoms with Gasteiger partial charge in [-0.3, -0.25) is 19.7 Å². The number of anilines is 2. The van der Waals surface area contributed by atoms with Crippen LogP contribution in [0.2, 0.25) is 0 Å². The van der Waals surface area contributed by atoms with Crippen LogP contribution in [-0.4, -0.2) is 48.8 Å². The molecule has 1 aromatic carbocycles. The summed E-state index contributed by atoms with van der Waals surface area (Å²) in [5, 5.41) is 7.97. The Kier molecular flexibility index (Phi) is 5.88. The highest BCUT2D eigenvalue weighted by Gasteiger charge is 2.40. The Bertz CT molecular complexity index is 1110. The molecule has 0 bridgehead atoms. The average molecular weight is 456 g/mol. The molecule has 1 unspecified atom stereocenters. The van der Waals surface area contributed by atoms with E-state index in [1.165, 1.54) is 16.2 Å². The smallest absolute Gasteiger partial charge is 0.319 e. The first-order valence-corrected chi connectivity index (χ1v) is 11.1. The zero-order valence-corrected chi connectivity index (χ0v) is 19.0. The van der Waals surface area contributed by atoms with Crippen molar-refractivity contribution in [2.24, 2.45) is 0 Å². The maximum absolute atomic E-state index is 12.8. The number of thiophene rings is 1. The summed E-state index contributed by atoms with van der Waals surface area (Å²) in [5.74, 6) is -0.925. The van der Waals surface area contributed by atoms with E-state index < -0.39 is 11.9 Å². The maximum Gasteiger partial charge on any atom is 0.319 e. The van der Waals surface area contributed by atoms with Gasteiger partial charge in [-0.25, -0.2) is 4.79 Å². The van der Waals surface area contributed by atoms with Crippen molar-refractivity contribution in [3.05, 3.63) is 45.1 Å². The molecule has 2 aliphatic heterocycles. The second-order valence-corrected chi connectivity index (χ2v) is 9.36. The van der Waals surface area contributed by atoms with Crippen molar-refractivity contribution >= 4 is 46.5 Å². The van der Waals surface area contributed by atoms with E-state index in [-0.39, 0.29) is 24.3 Å². The van der Waals surface area contributed by atoms with Gasteiger partial charge in [-0.1, -0.05) is 0 Å². The Morgan fingerprint density at radius 3 is 2.69 bits per heavy atom. The number of carbonyl (C=O) groups is 4. The Hall–Kier alpha value is -3.40. The molecule has 32 heavy (non-hydrogen) atoms. The predicted molar refractivity (Wildman–Crippen MR) is 122 cm³/mol. The largest absolute Gasteiger partial charge is 0.378 e. The number of piperidine rings is 1. The van der Waals surface area contributed by atoms with E-state index in [1.54, 1.807) is 0 Å². The molecule has 1 saturated heterocycles. The minimum absolute atomic E-state index is 0.203. The Morgan fingerprint density at radius 2 is 2.00 bits per heavy atom. The standard InChI is InChI=1S/C22H25N5O4S/c1-12-6-14(9-15(7-12)26(2)3)24-22(31)23-10-16-8-13-11-27(21(30)19(13)32-16)17-4-5-18(28)25-20(17)29/h6-9,17H,4-5,10-11H2,1-3H3,(H2,23,24,31)(H,25,28,29). The van der Waals surface area contributed by atoms with Crippen LogP contribution in [0, 0.1) is 6.92 Å². The van der Waals surface area contributed by atoms with Crippen molar-refractivity contribution in [1.29, 1.82) is 0 Å². The minimum atomic E-state index is -0.617. The number of benzene rings is 1. The number of hydrogen-bond donors (Lipinski definition) is 3. The number of nitrogens with zero attached hydrogens (tertiary/aromatic N) is 2. The van der Waals surface area contributed by atoms with E-state index in [1.807, 2.05) is 50.2 Å². The van der Waals surface area contributed by atoms with E-state index >= 15 is 0 Å². The molecular weight excluding hydrogens is 430 g/mol. The van der Waals surface area contributed by atoms with Crippen molar-refractivity contribution in [2.75, 3.05) is 24.3 Å². The lowest BCUT2D eigenvalue weighted by molar-refractivity contribution is -0.136. The third-order valence-electron chi connectivity index (χ3n) is 5.50. The van der Waals surface area contributed by atoms with Gasteiger partial charge in [0.05, 0.1) is 11.4 Å². The van der Waals surface area contributed by atoms with Gasteiger partial charge in [-0.05, 0) is 48.7 Å². The zero-order valence-electron chi connectivity index (χ0n) is 18.2. The van der Waals surface area contributed by atoms with Gasteiger partial charge in [0.1, 0.15) is 6.04 Å². The van der Waals surface area contributed by atoms with Gasteiger partial charge >= 0.3 is 6.03 Å². The molecule has 2 aromatic rings. The fraction of sp³-hybridized carbons (Fsp3) is 0.364. The second-order valence-electron chi connectivity index (χ2n) is 8.23. The van der Waals surface area contributed by atoms with Gasteiger partial charge in [0.25, 0.3) is 5.91 Å². The van der Waals surface area contributed by atoms with Gasteiger partial charge in [0, 0.05) is 43.3 Å². The summed E-state index contributed by atoms with van der Waals surface area (Å²) >= 11 is 1.32. The third kappa shape index (κ3) is 4.45. The lowest BCUT2D eigenvalue weighted by atomic mass is 10.0. The van der Waals surface area contributed by atoms with Crippen molar-refractivity contribution in [1.82, 2.24) is 15.5 Å². The highest BCUT2D eigenvalue weighted by atomic mass is 32.1. The van der Waals surface area contributed by atoms with Crippen molar-refractivity contribution in [2.45, 2.75) is 38.9 Å². The summed E-state index contributed by atoms with van der Waals surface area (Å²) in [5.41, 5.74) is 3.58. The number of carbonyl (C=O) groups excluding carboxylic acids is 4. The molecule has 0 saturated carbocycles. The molecule has 5 amide bonds. The molecule has 1 aromatic heterocycles. The first-order chi connectivity index (χ1) is 15.2. The fourth-order valence-corrected chi connectivity index (χ4v) is 4.99. The topological polar surface area (TPSA) is 111 Å². The van der Waals surface area contributed by atoms with E-state index in [0.29, 0.717) is 30.1 Å². The number of amides is 5. The molecule has 9 nitrogen and oxygen atoms in total. The number of aryl methyl sites for hydroxylation is 1. The molecule has 4 rings (SSSR count). The monoisotopic (exact) mass is 455 g/mol. The van der Waals surface area contributed by atoms with Crippen LogP contribution < -0.4 is 20.9 Å². The second kappa shape index (κ2) is 8.62. The molecule has 168 valence electrons. The van der Waals surface area contributed by atoms with Crippen LogP contribution in [0.1, 0.15) is 38.5 Å². The third-order valence-corrected chi connectivity index (χ3v) is 6.67. The summed E-state index contributed by atoms with van der Waals surface area (Å²) < 4.78 is 0. The summed E-state index contributed by atoms with van der Waals surface area (Å²) in [6.07, 6.45) is 0.573. The van der Waals surface area contributed by atoms with Crippen LogP contribution in [-0.2, 0) is 22.7 Å². The number of hydrogen-bond acceptors (Lipinski definition) is 6. The lowest BCUT2D eigenvalue weighted by Gasteiger charge is -2.29. The normalized spacial score (nSPS) is 17.8. The molecule has 3 heterocycles. The van der Waals surface area contributed by atoms with Gasteiger partial charge < -0.3 is 20.4 Å². The molecular formula is C22H25N5O4S. The van der Waals surface area contributed by atoms with Crippen LogP contribution in [0.3, 0.4) is 0 Å². The number of rotatable bonds is 5. The lowest BCUT2D eigenvalue weighted by Crippen LogP contribution is -2.52. The van der Waals surface area contributed by atoms with E-state index in [0.717, 1.165) is 21.7 Å². The highest BCUT2D eigenvalue weighted by Crippen LogP contribution is 2.33. The van der Waals surface area contributed by atoms with Gasteiger partial charge in [-0.15, -0.1) is 11.3 Å². The molecule has 2 aliphatic rings. The summed E-state index contributed by atoms with van der Waals surface area (Å²) in [6, 6.07) is 6.77. The molecule has 3 N–H and O–H groups in total. The quantitative estimate of drug-likeness (QED) is 0.599. The molecule has 1 atom stereocenters. The Balaban J connectivity index is 1.35. The Labute approximate surface area is 189 Å². The van der Waals surface area contributed by atoms with E-state index in [4.69, 9.17) is 0 Å². The van der Waals surface area contributed by atoms with Crippen LogP contribution in [0.15, 0.2) is 24.3 Å². The van der Waals surface area contributed by atoms with Crippen LogP contribution in [0.4, 0.5) is 16.2 Å². The summed E-state index contributed by atoms with van der Waals surface area (Å²) in [4.78, 5) is 53.6. The number of urea groups is 1. The molecule has 0 spiro atoms. The van der Waals surface area contributed by atoms with Crippen molar-refractivity contribution < 1.29 is 19.2 Å². The summed E-state index contributed by atoms with van der Waals surface area (Å²) in [7, 11) is 3.88. The minimum Gasteiger partial charge on any atom is -0.378 e. The average Bonchev–Trinajstić information content (AvgIpc) is 3.25. The van der Waals surface area contributed by atoms with E-state index in [2.05, 4.69) is 16.0 Å². The van der Waals surface area contributed by atoms with Crippen LogP contribution in [0.25, 0.3) is 0 Å². The first-order valence-electron chi connectivity index (χ1n) is 10.3. The Morgan fingerprint density at radius 1 is 1.22 bits per heavy atom. The molecule has 10 heteroatoms. The number of fused-ring (bicyclic) bond motifs is 1. The molecule has 0 radical (unpaired) electrons. The fourth-order valence-electron chi connectivity index (χ4n) is 3.92. The molecule has 0 aliphatic carbocycles. The van der Waals surface area contributed by atoms with Crippen molar-refractivity contribution in [3.8, 4) is 0 Å². The van der Waals surface area contributed by atoms with Gasteiger partial charge in [-0.2, -0.15) is 0 Å². The van der Waals surface area contributed by atoms with Gasteiger partial charge in [0.15, 0.2) is 0 Å². The number of nitrogens with one attached hydrogen (secondary N) is 3. The van der Waals surface area contributed by atoms with Crippen LogP contribution in [0.5, 0.6) is 0 Å². The first kappa shape index (κ1) is 21.8. The maximum atomic E-state index is 12.8. The van der Waals surface area contributed by atoms with Crippen molar-refractivity contribution in [3.63, 3.8) is 0 Å². The van der Waals surface area contributed by atoms with Gasteiger partial charge in [0.2, 0.25) is 11.8 Å². The summed E-state index contributed by atoms with van der Waals surface area (Å²) in [6.45, 7) is 2.60. The zero-order chi connectivity index (χ0) is 23.0. The SMILES string of the molecule is Cc1cc(NC(=O)NCc2cc3c(s2)C(=O)N(C2CCC(=O)NC2=O)C3)cc(N(C)C)c1. The van der Waals surface area contributed by atoms with Crippen LogP contribution >= 0.6 is 11.3 Å². The molecule has 1 fully saturated rings. The van der Waals surface area contributed by atoms with E-state index in [9.17, 15) is 19.2 Å².